The molecular formula is C9H12N4S. The Hall–Kier alpha value is -1.62. The third-order valence-corrected chi connectivity index (χ3v) is 1.94. The van der Waals surface area contributed by atoms with E-state index in [-0.39, 0.29) is 11.1 Å². The summed E-state index contributed by atoms with van der Waals surface area (Å²) in [5, 5.41) is 7.38. The number of anilines is 1. The zero-order chi connectivity index (χ0) is 10.7. The highest BCUT2D eigenvalue weighted by Gasteiger charge is 2.11. The molecule has 0 amide bonds. The van der Waals surface area contributed by atoms with Crippen LogP contribution in [0.25, 0.3) is 0 Å². The lowest BCUT2D eigenvalue weighted by atomic mass is 10.2. The number of hydrogen-bond acceptors (Lipinski definition) is 2. The van der Waals surface area contributed by atoms with Gasteiger partial charge in [-0.15, -0.1) is 0 Å². The van der Waals surface area contributed by atoms with Gasteiger partial charge in [-0.1, -0.05) is 17.7 Å². The maximum Gasteiger partial charge on any atom is 0.199 e. The molecular weight excluding hydrogens is 196 g/mol. The van der Waals surface area contributed by atoms with Crippen LogP contribution in [-0.2, 0) is 0 Å². The van der Waals surface area contributed by atoms with E-state index in [1.165, 1.54) is 4.90 Å². The molecule has 5 N–H and O–H groups in total. The first-order valence-electron chi connectivity index (χ1n) is 4.02. The number of rotatable bonds is 1. The van der Waals surface area contributed by atoms with Crippen LogP contribution in [0.2, 0.25) is 0 Å². The molecule has 0 aliphatic rings. The summed E-state index contributed by atoms with van der Waals surface area (Å²) in [6.45, 7) is 1.97. The van der Waals surface area contributed by atoms with Gasteiger partial charge in [0.1, 0.15) is 0 Å². The summed E-state index contributed by atoms with van der Waals surface area (Å²) in [6, 6.07) is 7.44. The first-order valence-corrected chi connectivity index (χ1v) is 4.43. The van der Waals surface area contributed by atoms with Crippen LogP contribution in [0.1, 0.15) is 5.56 Å². The van der Waals surface area contributed by atoms with Crippen molar-refractivity contribution >= 4 is 29.0 Å². The molecule has 0 aliphatic carbocycles. The van der Waals surface area contributed by atoms with Gasteiger partial charge < -0.3 is 11.5 Å². The van der Waals surface area contributed by atoms with Crippen LogP contribution in [0, 0.1) is 12.3 Å². The lowest BCUT2D eigenvalue weighted by Gasteiger charge is -2.20. The van der Waals surface area contributed by atoms with E-state index in [1.54, 1.807) is 0 Å². The highest BCUT2D eigenvalue weighted by Crippen LogP contribution is 2.14. The van der Waals surface area contributed by atoms with Crippen molar-refractivity contribution in [3.8, 4) is 0 Å². The van der Waals surface area contributed by atoms with Crippen molar-refractivity contribution in [3.05, 3.63) is 29.8 Å². The molecule has 0 atom stereocenters. The van der Waals surface area contributed by atoms with Crippen molar-refractivity contribution < 1.29 is 0 Å². The molecule has 1 rings (SSSR count). The summed E-state index contributed by atoms with van der Waals surface area (Å²) in [5.41, 5.74) is 12.6. The smallest absolute Gasteiger partial charge is 0.199 e. The topological polar surface area (TPSA) is 79.1 Å². The fraction of sp³-hybridized carbons (Fsp3) is 0.111. The molecule has 0 bridgehead atoms. The molecule has 0 radical (unpaired) electrons. The zero-order valence-corrected chi connectivity index (χ0v) is 8.64. The number of nitrogens with two attached hydrogens (primary N) is 2. The van der Waals surface area contributed by atoms with Gasteiger partial charge in [-0.2, -0.15) is 0 Å². The van der Waals surface area contributed by atoms with E-state index in [4.69, 9.17) is 29.1 Å². The van der Waals surface area contributed by atoms with Crippen LogP contribution >= 0.6 is 12.2 Å². The quantitative estimate of drug-likeness (QED) is 0.364. The minimum Gasteiger partial charge on any atom is -0.376 e. The highest BCUT2D eigenvalue weighted by atomic mass is 32.1. The lowest BCUT2D eigenvalue weighted by molar-refractivity contribution is 1.29. The van der Waals surface area contributed by atoms with Gasteiger partial charge in [0.15, 0.2) is 11.1 Å². The Morgan fingerprint density at radius 3 is 2.14 bits per heavy atom. The minimum atomic E-state index is -0.179. The number of guanidine groups is 1. The predicted octanol–water partition coefficient (Wildman–Crippen LogP) is 0.938. The monoisotopic (exact) mass is 208 g/mol. The highest BCUT2D eigenvalue weighted by molar-refractivity contribution is 7.80. The van der Waals surface area contributed by atoms with Gasteiger partial charge in [0.05, 0.1) is 5.69 Å². The first kappa shape index (κ1) is 10.5. The van der Waals surface area contributed by atoms with Gasteiger partial charge in [-0.25, -0.2) is 0 Å². The standard InChI is InChI=1S/C9H12N4S/c1-6-2-4-7(5-3-6)13(8(10)11)9(12)14/h2-5H,1H3,(H3,10,11)(H2,12,14). The predicted molar refractivity (Wildman–Crippen MR) is 62.4 cm³/mol. The van der Waals surface area contributed by atoms with E-state index in [0.717, 1.165) is 5.56 Å². The minimum absolute atomic E-state index is 0.0707. The van der Waals surface area contributed by atoms with E-state index in [1.807, 2.05) is 31.2 Å². The van der Waals surface area contributed by atoms with Crippen LogP contribution in [0.15, 0.2) is 24.3 Å². The van der Waals surface area contributed by atoms with Crippen LogP contribution in [0.4, 0.5) is 5.69 Å². The number of benzene rings is 1. The molecule has 0 saturated carbocycles. The van der Waals surface area contributed by atoms with Crippen molar-refractivity contribution in [1.82, 2.24) is 0 Å². The Bertz CT molecular complexity index is 344. The maximum atomic E-state index is 7.31. The second-order valence-electron chi connectivity index (χ2n) is 2.89. The third kappa shape index (κ3) is 2.20. The van der Waals surface area contributed by atoms with E-state index >= 15 is 0 Å². The molecule has 4 nitrogen and oxygen atoms in total. The number of thiocarbonyl (C=S) groups is 1. The summed E-state index contributed by atoms with van der Waals surface area (Å²) in [7, 11) is 0. The lowest BCUT2D eigenvalue weighted by Crippen LogP contribution is -2.44. The molecule has 0 spiro atoms. The van der Waals surface area contributed by atoms with E-state index < -0.39 is 0 Å². The fourth-order valence-corrected chi connectivity index (χ4v) is 1.28. The Balaban J connectivity index is 3.06. The SMILES string of the molecule is Cc1ccc(N(C(=N)N)C(N)=S)cc1. The zero-order valence-electron chi connectivity index (χ0n) is 7.82. The molecule has 1 aromatic carbocycles. The molecule has 5 heteroatoms. The van der Waals surface area contributed by atoms with E-state index in [2.05, 4.69) is 0 Å². The van der Waals surface area contributed by atoms with E-state index in [0.29, 0.717) is 5.69 Å². The molecule has 0 unspecified atom stereocenters. The van der Waals surface area contributed by atoms with Gasteiger partial charge >= 0.3 is 0 Å². The molecule has 0 fully saturated rings. The van der Waals surface area contributed by atoms with Crippen LogP contribution in [0.3, 0.4) is 0 Å². The number of nitrogens with one attached hydrogen (secondary N) is 1. The molecule has 0 aliphatic heterocycles. The average Bonchev–Trinajstić information content (AvgIpc) is 2.07. The van der Waals surface area contributed by atoms with Crippen LogP contribution in [-0.4, -0.2) is 11.1 Å². The number of aryl methyl sites for hydroxylation is 1. The Morgan fingerprint density at radius 2 is 1.79 bits per heavy atom. The molecule has 14 heavy (non-hydrogen) atoms. The second-order valence-corrected chi connectivity index (χ2v) is 3.31. The number of nitrogens with zero attached hydrogens (tertiary/aromatic N) is 1. The Morgan fingerprint density at radius 1 is 1.29 bits per heavy atom. The normalized spacial score (nSPS) is 9.50. The molecule has 1 aromatic rings. The summed E-state index contributed by atoms with van der Waals surface area (Å²) in [6.07, 6.45) is 0. The summed E-state index contributed by atoms with van der Waals surface area (Å²) >= 11 is 4.79. The van der Waals surface area contributed by atoms with Gasteiger partial charge in [-0.3, -0.25) is 10.3 Å². The maximum absolute atomic E-state index is 7.31. The van der Waals surface area contributed by atoms with Crippen LogP contribution < -0.4 is 16.4 Å². The fourth-order valence-electron chi connectivity index (χ4n) is 1.08. The Labute approximate surface area is 88.0 Å². The summed E-state index contributed by atoms with van der Waals surface area (Å²) in [4.78, 5) is 1.30. The molecule has 0 heterocycles. The Kier molecular flexibility index (Phi) is 3.03. The van der Waals surface area contributed by atoms with Gasteiger partial charge in [0.2, 0.25) is 0 Å². The number of hydrogen-bond donors (Lipinski definition) is 3. The summed E-state index contributed by atoms with van der Waals surface area (Å²) in [5.74, 6) is -0.179. The van der Waals surface area contributed by atoms with Crippen molar-refractivity contribution in [1.29, 1.82) is 5.41 Å². The average molecular weight is 208 g/mol. The largest absolute Gasteiger partial charge is 0.376 e. The van der Waals surface area contributed by atoms with Crippen molar-refractivity contribution in [3.63, 3.8) is 0 Å². The molecule has 0 saturated heterocycles. The molecule has 0 aromatic heterocycles. The summed E-state index contributed by atoms with van der Waals surface area (Å²) < 4.78 is 0. The van der Waals surface area contributed by atoms with Crippen LogP contribution in [0.5, 0.6) is 0 Å². The van der Waals surface area contributed by atoms with Crippen molar-refractivity contribution in [2.24, 2.45) is 11.5 Å². The first-order chi connectivity index (χ1) is 6.52. The third-order valence-electron chi connectivity index (χ3n) is 1.75. The molecule has 74 valence electrons. The van der Waals surface area contributed by atoms with Crippen molar-refractivity contribution in [2.75, 3.05) is 4.90 Å². The van der Waals surface area contributed by atoms with E-state index in [9.17, 15) is 0 Å². The van der Waals surface area contributed by atoms with Gasteiger partial charge in [0.25, 0.3) is 0 Å². The van der Waals surface area contributed by atoms with Gasteiger partial charge in [-0.05, 0) is 31.3 Å². The van der Waals surface area contributed by atoms with Gasteiger partial charge in [0, 0.05) is 0 Å². The second kappa shape index (κ2) is 4.06. The van der Waals surface area contributed by atoms with Crippen molar-refractivity contribution in [2.45, 2.75) is 6.92 Å².